The van der Waals surface area contributed by atoms with E-state index in [0.29, 0.717) is 11.6 Å². The van der Waals surface area contributed by atoms with Crippen LogP contribution in [0.1, 0.15) is 31.7 Å². The Kier molecular flexibility index (Phi) is 3.78. The number of nitrogens with two attached hydrogens (primary N) is 1. The summed E-state index contributed by atoms with van der Waals surface area (Å²) in [6.45, 7) is 1.85. The van der Waals surface area contributed by atoms with E-state index in [9.17, 15) is 8.42 Å². The van der Waals surface area contributed by atoms with Gasteiger partial charge in [0.2, 0.25) is 10.0 Å². The van der Waals surface area contributed by atoms with E-state index in [4.69, 9.17) is 11.0 Å². The van der Waals surface area contributed by atoms with Gasteiger partial charge in [0.15, 0.2) is 0 Å². The minimum absolute atomic E-state index is 0.00755. The SMILES string of the molecule is CC(CC1CC1)NS(=O)(=O)c1ccc(N)cc1C#N. The van der Waals surface area contributed by atoms with Crippen molar-refractivity contribution in [2.75, 3.05) is 5.73 Å². The van der Waals surface area contributed by atoms with Crippen molar-refractivity contribution >= 4 is 15.7 Å². The third-order valence-corrected chi connectivity index (χ3v) is 4.80. The van der Waals surface area contributed by atoms with Crippen LogP contribution in [0.2, 0.25) is 0 Å². The molecule has 1 aliphatic rings. The molecule has 1 fully saturated rings. The van der Waals surface area contributed by atoms with Crippen LogP contribution in [0.4, 0.5) is 5.69 Å². The second kappa shape index (κ2) is 5.19. The van der Waals surface area contributed by atoms with Gasteiger partial charge < -0.3 is 5.73 Å². The molecule has 0 aliphatic heterocycles. The van der Waals surface area contributed by atoms with E-state index in [1.807, 2.05) is 13.0 Å². The second-order valence-corrected chi connectivity index (χ2v) is 6.75. The smallest absolute Gasteiger partial charge is 0.242 e. The summed E-state index contributed by atoms with van der Waals surface area (Å²) >= 11 is 0. The van der Waals surface area contributed by atoms with Gasteiger partial charge in [-0.05, 0) is 37.5 Å². The lowest BCUT2D eigenvalue weighted by atomic mass is 10.2. The van der Waals surface area contributed by atoms with Gasteiger partial charge in [0.1, 0.15) is 6.07 Å². The maximum Gasteiger partial charge on any atom is 0.242 e. The number of nitrogens with one attached hydrogen (secondary N) is 1. The highest BCUT2D eigenvalue weighted by Crippen LogP contribution is 2.33. The first-order valence-corrected chi connectivity index (χ1v) is 7.72. The van der Waals surface area contributed by atoms with Crippen LogP contribution in [-0.4, -0.2) is 14.5 Å². The second-order valence-electron chi connectivity index (χ2n) is 5.07. The highest BCUT2D eigenvalue weighted by atomic mass is 32.2. The van der Waals surface area contributed by atoms with Gasteiger partial charge in [-0.2, -0.15) is 5.26 Å². The molecular weight excluding hydrogens is 262 g/mol. The standard InChI is InChI=1S/C13H17N3O2S/c1-9(6-10-2-3-10)16-19(17,18)13-5-4-12(15)7-11(13)8-14/h4-5,7,9-10,16H,2-3,6,15H2,1H3. The predicted octanol–water partition coefficient (Wildman–Crippen LogP) is 1.61. The Morgan fingerprint density at radius 2 is 2.21 bits per heavy atom. The number of sulfonamides is 1. The summed E-state index contributed by atoms with van der Waals surface area (Å²) in [4.78, 5) is -0.00755. The van der Waals surface area contributed by atoms with Gasteiger partial charge >= 0.3 is 0 Å². The van der Waals surface area contributed by atoms with Gasteiger partial charge in [-0.15, -0.1) is 0 Å². The molecule has 0 radical (unpaired) electrons. The van der Waals surface area contributed by atoms with Crippen molar-refractivity contribution in [1.82, 2.24) is 4.72 Å². The number of nitrogens with zero attached hydrogens (tertiary/aromatic N) is 1. The monoisotopic (exact) mass is 279 g/mol. The van der Waals surface area contributed by atoms with E-state index >= 15 is 0 Å². The van der Waals surface area contributed by atoms with Crippen LogP contribution < -0.4 is 10.5 Å². The molecule has 19 heavy (non-hydrogen) atoms. The van der Waals surface area contributed by atoms with Crippen LogP contribution in [-0.2, 0) is 10.0 Å². The number of hydrogen-bond donors (Lipinski definition) is 2. The first-order chi connectivity index (χ1) is 8.92. The normalized spacial score (nSPS) is 16.8. The zero-order valence-electron chi connectivity index (χ0n) is 10.8. The summed E-state index contributed by atoms with van der Waals surface area (Å²) in [5.41, 5.74) is 6.01. The van der Waals surface area contributed by atoms with Gasteiger partial charge in [-0.25, -0.2) is 13.1 Å². The molecule has 0 saturated heterocycles. The Labute approximate surface area is 113 Å². The summed E-state index contributed by atoms with van der Waals surface area (Å²) < 4.78 is 27.1. The summed E-state index contributed by atoms with van der Waals surface area (Å²) in [6, 6.07) is 5.98. The molecule has 1 atom stereocenters. The van der Waals surface area contributed by atoms with Gasteiger partial charge in [0.25, 0.3) is 0 Å². The number of benzene rings is 1. The molecule has 1 aromatic rings. The average molecular weight is 279 g/mol. The first kappa shape index (κ1) is 13.8. The minimum atomic E-state index is -3.66. The Morgan fingerprint density at radius 1 is 1.53 bits per heavy atom. The lowest BCUT2D eigenvalue weighted by Gasteiger charge is -2.14. The maximum absolute atomic E-state index is 12.2. The van der Waals surface area contributed by atoms with Crippen molar-refractivity contribution in [3.63, 3.8) is 0 Å². The molecule has 1 aromatic carbocycles. The van der Waals surface area contributed by atoms with E-state index in [-0.39, 0.29) is 16.5 Å². The fourth-order valence-electron chi connectivity index (χ4n) is 2.10. The fourth-order valence-corrected chi connectivity index (χ4v) is 3.49. The lowest BCUT2D eigenvalue weighted by Crippen LogP contribution is -2.33. The van der Waals surface area contributed by atoms with Crippen molar-refractivity contribution in [3.05, 3.63) is 23.8 Å². The molecule has 6 heteroatoms. The van der Waals surface area contributed by atoms with Gasteiger partial charge in [0.05, 0.1) is 10.5 Å². The van der Waals surface area contributed by atoms with Gasteiger partial charge in [0, 0.05) is 11.7 Å². The number of nitrogen functional groups attached to an aromatic ring is 1. The van der Waals surface area contributed by atoms with Crippen LogP contribution in [0.5, 0.6) is 0 Å². The number of hydrogen-bond acceptors (Lipinski definition) is 4. The summed E-state index contributed by atoms with van der Waals surface area (Å²) in [5.74, 6) is 0.638. The molecule has 0 heterocycles. The first-order valence-electron chi connectivity index (χ1n) is 6.24. The average Bonchev–Trinajstić information content (AvgIpc) is 3.11. The topological polar surface area (TPSA) is 96.0 Å². The molecule has 1 unspecified atom stereocenters. The third kappa shape index (κ3) is 3.46. The highest BCUT2D eigenvalue weighted by Gasteiger charge is 2.27. The van der Waals surface area contributed by atoms with E-state index in [1.54, 1.807) is 0 Å². The number of rotatable bonds is 5. The number of nitriles is 1. The van der Waals surface area contributed by atoms with E-state index < -0.39 is 10.0 Å². The molecule has 0 bridgehead atoms. The van der Waals surface area contributed by atoms with E-state index in [0.717, 1.165) is 6.42 Å². The third-order valence-electron chi connectivity index (χ3n) is 3.15. The Bertz CT molecular complexity index is 615. The number of anilines is 1. The molecule has 3 N–H and O–H groups in total. The summed E-state index contributed by atoms with van der Waals surface area (Å²) in [7, 11) is -3.66. The van der Waals surface area contributed by atoms with Gasteiger partial charge in [-0.1, -0.05) is 12.8 Å². The Hall–Kier alpha value is -1.58. The maximum atomic E-state index is 12.2. The molecular formula is C13H17N3O2S. The summed E-state index contributed by atoms with van der Waals surface area (Å²) in [6.07, 6.45) is 3.20. The van der Waals surface area contributed by atoms with Crippen LogP contribution in [0, 0.1) is 17.2 Å². The van der Waals surface area contributed by atoms with E-state index in [2.05, 4.69) is 4.72 Å². The molecule has 0 amide bonds. The Balaban J connectivity index is 2.21. The van der Waals surface area contributed by atoms with Crippen molar-refractivity contribution in [3.8, 4) is 6.07 Å². The predicted molar refractivity (Wildman–Crippen MR) is 72.7 cm³/mol. The van der Waals surface area contributed by atoms with Crippen LogP contribution in [0.15, 0.2) is 23.1 Å². The van der Waals surface area contributed by atoms with Crippen LogP contribution in [0.25, 0.3) is 0 Å². The molecule has 102 valence electrons. The summed E-state index contributed by atoms with van der Waals surface area (Å²) in [5, 5.41) is 9.00. The molecule has 1 saturated carbocycles. The molecule has 1 aliphatic carbocycles. The lowest BCUT2D eigenvalue weighted by molar-refractivity contribution is 0.530. The largest absolute Gasteiger partial charge is 0.399 e. The van der Waals surface area contributed by atoms with E-state index in [1.165, 1.54) is 31.0 Å². The van der Waals surface area contributed by atoms with Crippen molar-refractivity contribution in [2.24, 2.45) is 5.92 Å². The molecule has 0 aromatic heterocycles. The van der Waals surface area contributed by atoms with Crippen LogP contribution >= 0.6 is 0 Å². The van der Waals surface area contributed by atoms with Crippen molar-refractivity contribution in [2.45, 2.75) is 37.1 Å². The van der Waals surface area contributed by atoms with Crippen molar-refractivity contribution < 1.29 is 8.42 Å². The molecule has 0 spiro atoms. The Morgan fingerprint density at radius 3 is 2.79 bits per heavy atom. The minimum Gasteiger partial charge on any atom is -0.399 e. The molecule has 5 nitrogen and oxygen atoms in total. The zero-order chi connectivity index (χ0) is 14.0. The zero-order valence-corrected chi connectivity index (χ0v) is 11.6. The van der Waals surface area contributed by atoms with Crippen molar-refractivity contribution in [1.29, 1.82) is 5.26 Å². The molecule has 2 rings (SSSR count). The van der Waals surface area contributed by atoms with Crippen LogP contribution in [0.3, 0.4) is 0 Å². The highest BCUT2D eigenvalue weighted by molar-refractivity contribution is 7.89. The van der Waals surface area contributed by atoms with Gasteiger partial charge in [-0.3, -0.25) is 0 Å². The fraction of sp³-hybridized carbons (Fsp3) is 0.462. The quantitative estimate of drug-likeness (QED) is 0.800.